The Balaban J connectivity index is 1.61. The summed E-state index contributed by atoms with van der Waals surface area (Å²) in [6.45, 7) is 2.51. The van der Waals surface area contributed by atoms with Crippen molar-refractivity contribution < 1.29 is 8.42 Å². The molecule has 4 rings (SSSR count). The van der Waals surface area contributed by atoms with E-state index in [9.17, 15) is 13.2 Å². The normalized spacial score (nSPS) is 16.8. The van der Waals surface area contributed by atoms with Crippen LogP contribution in [0.3, 0.4) is 0 Å². The van der Waals surface area contributed by atoms with Crippen molar-refractivity contribution in [3.8, 4) is 0 Å². The fraction of sp³-hybridized carbons (Fsp3) is 0.389. The fourth-order valence-corrected chi connectivity index (χ4v) is 5.42. The minimum Gasteiger partial charge on any atom is -0.276 e. The smallest absolute Gasteiger partial charge is 0.276 e. The lowest BCUT2D eigenvalue weighted by atomic mass is 10.1. The number of sulfonamides is 1. The van der Waals surface area contributed by atoms with Crippen LogP contribution in [0.4, 0.5) is 0 Å². The zero-order chi connectivity index (χ0) is 19.2. The summed E-state index contributed by atoms with van der Waals surface area (Å²) in [4.78, 5) is 16.8. The number of hydrogen-bond donors (Lipinski definition) is 0. The zero-order valence-corrected chi connectivity index (χ0v) is 16.1. The fourth-order valence-electron chi connectivity index (χ4n) is 3.79. The van der Waals surface area contributed by atoms with E-state index in [4.69, 9.17) is 0 Å². The van der Waals surface area contributed by atoms with Crippen molar-refractivity contribution in [2.75, 3.05) is 13.1 Å². The van der Waals surface area contributed by atoms with Crippen LogP contribution in [0.25, 0.3) is 10.9 Å². The summed E-state index contributed by atoms with van der Waals surface area (Å²) >= 11 is 0. The Morgan fingerprint density at radius 2 is 1.81 bits per heavy atom. The van der Waals surface area contributed by atoms with Gasteiger partial charge in [-0.25, -0.2) is 17.9 Å². The van der Waals surface area contributed by atoms with E-state index in [1.54, 1.807) is 42.9 Å². The summed E-state index contributed by atoms with van der Waals surface area (Å²) in [5, 5.41) is 4.96. The van der Waals surface area contributed by atoms with Crippen LogP contribution in [0.1, 0.15) is 24.7 Å². The van der Waals surface area contributed by atoms with E-state index in [0.717, 1.165) is 5.39 Å². The molecule has 1 aliphatic heterocycles. The molecule has 1 fully saturated rings. The van der Waals surface area contributed by atoms with Gasteiger partial charge in [0.2, 0.25) is 10.0 Å². The van der Waals surface area contributed by atoms with Gasteiger partial charge >= 0.3 is 5.69 Å². The molecule has 0 N–H and O–H groups in total. The number of aromatic nitrogens is 4. The molecule has 3 heterocycles. The van der Waals surface area contributed by atoms with E-state index in [-0.39, 0.29) is 16.6 Å². The predicted molar refractivity (Wildman–Crippen MR) is 101 cm³/mol. The Morgan fingerprint density at radius 3 is 2.48 bits per heavy atom. The molecule has 0 unspecified atom stereocenters. The van der Waals surface area contributed by atoms with Crippen LogP contribution < -0.4 is 5.69 Å². The second-order valence-electron chi connectivity index (χ2n) is 6.79. The van der Waals surface area contributed by atoms with Crippen molar-refractivity contribution in [3.05, 3.63) is 52.8 Å². The topological polar surface area (TPSA) is 90.1 Å². The van der Waals surface area contributed by atoms with Gasteiger partial charge in [-0.15, -0.1) is 0 Å². The average Bonchev–Trinajstić information content (AvgIpc) is 2.93. The van der Waals surface area contributed by atoms with Crippen molar-refractivity contribution in [1.82, 2.24) is 23.6 Å². The maximum absolute atomic E-state index is 13.2. The van der Waals surface area contributed by atoms with Crippen LogP contribution in [0.15, 0.2) is 46.2 Å². The number of para-hydroxylation sites is 1. The van der Waals surface area contributed by atoms with Crippen LogP contribution in [-0.4, -0.2) is 45.1 Å². The molecule has 8 nitrogen and oxygen atoms in total. The van der Waals surface area contributed by atoms with Crippen molar-refractivity contribution in [3.63, 3.8) is 0 Å². The predicted octanol–water partition coefficient (Wildman–Crippen LogP) is 1.46. The SMILES string of the molecule is Cc1nn(C)c(=O)n1C1CCN(S(=O)(=O)c2cccc3cccnc23)CC1. The number of piperidine rings is 1. The molecule has 0 atom stereocenters. The Bertz CT molecular complexity index is 1150. The van der Waals surface area contributed by atoms with Gasteiger partial charge in [-0.2, -0.15) is 9.40 Å². The molecule has 0 radical (unpaired) electrons. The number of hydrogen-bond acceptors (Lipinski definition) is 5. The zero-order valence-electron chi connectivity index (χ0n) is 15.2. The second-order valence-corrected chi connectivity index (χ2v) is 8.70. The lowest BCUT2D eigenvalue weighted by Gasteiger charge is -2.31. The molecule has 0 saturated carbocycles. The van der Waals surface area contributed by atoms with Gasteiger partial charge in [-0.1, -0.05) is 18.2 Å². The maximum atomic E-state index is 13.2. The Morgan fingerprint density at radius 1 is 1.11 bits per heavy atom. The molecular formula is C18H21N5O3S. The van der Waals surface area contributed by atoms with Gasteiger partial charge in [-0.05, 0) is 31.9 Å². The molecule has 2 aromatic heterocycles. The van der Waals surface area contributed by atoms with Gasteiger partial charge in [0.15, 0.2) is 0 Å². The molecular weight excluding hydrogens is 366 g/mol. The molecule has 3 aromatic rings. The first-order valence-electron chi connectivity index (χ1n) is 8.85. The van der Waals surface area contributed by atoms with Crippen molar-refractivity contribution in [2.24, 2.45) is 7.05 Å². The highest BCUT2D eigenvalue weighted by molar-refractivity contribution is 7.89. The van der Waals surface area contributed by atoms with E-state index in [1.165, 1.54) is 8.99 Å². The third-order valence-electron chi connectivity index (χ3n) is 5.13. The molecule has 0 aliphatic carbocycles. The molecule has 0 bridgehead atoms. The van der Waals surface area contributed by atoms with Crippen molar-refractivity contribution in [2.45, 2.75) is 30.7 Å². The van der Waals surface area contributed by atoms with Crippen LogP contribution in [-0.2, 0) is 17.1 Å². The third kappa shape index (κ3) is 2.96. The Labute approximate surface area is 157 Å². The van der Waals surface area contributed by atoms with Crippen molar-refractivity contribution >= 4 is 20.9 Å². The number of nitrogens with zero attached hydrogens (tertiary/aromatic N) is 5. The van der Waals surface area contributed by atoms with Crippen LogP contribution in [0.5, 0.6) is 0 Å². The third-order valence-corrected chi connectivity index (χ3v) is 7.06. The number of fused-ring (bicyclic) bond motifs is 1. The molecule has 1 saturated heterocycles. The van der Waals surface area contributed by atoms with E-state index < -0.39 is 10.0 Å². The molecule has 0 amide bonds. The minimum atomic E-state index is -3.65. The first-order chi connectivity index (χ1) is 12.9. The highest BCUT2D eigenvalue weighted by atomic mass is 32.2. The number of aryl methyl sites for hydroxylation is 2. The van der Waals surface area contributed by atoms with Gasteiger partial charge in [0.25, 0.3) is 0 Å². The number of pyridine rings is 1. The molecule has 1 aromatic carbocycles. The highest BCUT2D eigenvalue weighted by Crippen LogP contribution is 2.29. The van der Waals surface area contributed by atoms with Gasteiger partial charge < -0.3 is 0 Å². The summed E-state index contributed by atoms with van der Waals surface area (Å²) in [6, 6.07) is 8.80. The van der Waals surface area contributed by atoms with Crippen LogP contribution in [0.2, 0.25) is 0 Å². The molecule has 1 aliphatic rings. The maximum Gasteiger partial charge on any atom is 0.345 e. The summed E-state index contributed by atoms with van der Waals surface area (Å²) in [5.74, 6) is 0.655. The molecule has 0 spiro atoms. The number of rotatable bonds is 3. The largest absolute Gasteiger partial charge is 0.345 e. The summed E-state index contributed by atoms with van der Waals surface area (Å²) in [7, 11) is -2.02. The summed E-state index contributed by atoms with van der Waals surface area (Å²) in [5.41, 5.74) is 0.327. The molecule has 9 heteroatoms. The standard InChI is InChI=1S/C18H21N5O3S/c1-13-20-21(2)18(24)23(13)15-8-11-22(12-9-15)27(25,26)16-7-3-5-14-6-4-10-19-17(14)16/h3-7,10,15H,8-9,11-12H2,1-2H3. The van der Waals surface area contributed by atoms with Gasteiger partial charge in [0.1, 0.15) is 10.7 Å². The quantitative estimate of drug-likeness (QED) is 0.679. The van der Waals surface area contributed by atoms with Crippen LogP contribution >= 0.6 is 0 Å². The van der Waals surface area contributed by atoms with E-state index in [0.29, 0.717) is 37.3 Å². The Kier molecular flexibility index (Phi) is 4.35. The van der Waals surface area contributed by atoms with E-state index in [1.807, 2.05) is 12.1 Å². The lowest BCUT2D eigenvalue weighted by molar-refractivity contribution is 0.267. The minimum absolute atomic E-state index is 0.0386. The van der Waals surface area contributed by atoms with Gasteiger partial charge in [-0.3, -0.25) is 9.55 Å². The Hall–Kier alpha value is -2.52. The first kappa shape index (κ1) is 17.9. The second kappa shape index (κ2) is 6.58. The van der Waals surface area contributed by atoms with Gasteiger partial charge in [0.05, 0.1) is 5.52 Å². The highest BCUT2D eigenvalue weighted by Gasteiger charge is 2.32. The summed E-state index contributed by atoms with van der Waals surface area (Å²) in [6.07, 6.45) is 2.75. The molecule has 142 valence electrons. The van der Waals surface area contributed by atoms with Gasteiger partial charge in [0, 0.05) is 37.8 Å². The molecule has 27 heavy (non-hydrogen) atoms. The van der Waals surface area contributed by atoms with E-state index >= 15 is 0 Å². The van der Waals surface area contributed by atoms with Crippen molar-refractivity contribution in [1.29, 1.82) is 0 Å². The van der Waals surface area contributed by atoms with E-state index in [2.05, 4.69) is 10.1 Å². The number of benzene rings is 1. The first-order valence-corrected chi connectivity index (χ1v) is 10.3. The monoisotopic (exact) mass is 387 g/mol. The van der Waals surface area contributed by atoms with Crippen LogP contribution in [0, 0.1) is 6.92 Å². The summed E-state index contributed by atoms with van der Waals surface area (Å²) < 4.78 is 30.8. The average molecular weight is 387 g/mol. The lowest BCUT2D eigenvalue weighted by Crippen LogP contribution is -2.41.